The van der Waals surface area contributed by atoms with Crippen molar-refractivity contribution in [1.29, 1.82) is 0 Å². The number of ketones is 1. The number of hydrogen-bond donors (Lipinski definition) is 2. The van der Waals surface area contributed by atoms with Crippen LogP contribution in [-0.4, -0.2) is 22.0 Å². The maximum Gasteiger partial charge on any atom is 0.331 e. The molecule has 0 amide bonds. The summed E-state index contributed by atoms with van der Waals surface area (Å²) in [4.78, 5) is 20.7. The van der Waals surface area contributed by atoms with Gasteiger partial charge < -0.3 is 10.2 Å². The molecule has 0 saturated carbocycles. The molecular formula is C7H8O4. The first kappa shape index (κ1) is 9.42. The van der Waals surface area contributed by atoms with Crippen molar-refractivity contribution < 1.29 is 19.8 Å². The van der Waals surface area contributed by atoms with E-state index in [2.05, 4.69) is 0 Å². The lowest BCUT2D eigenvalue weighted by molar-refractivity contribution is -0.132. The first-order chi connectivity index (χ1) is 5.07. The number of aliphatic hydroxyl groups is 1. The third-order valence-corrected chi connectivity index (χ3v) is 0.935. The van der Waals surface area contributed by atoms with E-state index in [1.165, 1.54) is 6.92 Å². The maximum atomic E-state index is 10.6. The summed E-state index contributed by atoms with van der Waals surface area (Å²) in [5.41, 5.74) is -0.0619. The van der Waals surface area contributed by atoms with Crippen LogP contribution in [0.5, 0.6) is 0 Å². The average molecular weight is 156 g/mol. The average Bonchev–Trinajstić information content (AvgIpc) is 1.87. The Morgan fingerprint density at radius 2 is 1.91 bits per heavy atom. The molecule has 4 nitrogen and oxygen atoms in total. The lowest BCUT2D eigenvalue weighted by atomic mass is 10.2. The van der Waals surface area contributed by atoms with Gasteiger partial charge >= 0.3 is 5.97 Å². The molecule has 0 heterocycles. The number of allylic oxidation sites excluding steroid dienone is 2. The number of hydrogen-bond acceptors (Lipinski definition) is 3. The van der Waals surface area contributed by atoms with Gasteiger partial charge in [-0.15, -0.1) is 0 Å². The second-order valence-electron chi connectivity index (χ2n) is 1.85. The Labute approximate surface area is 63.5 Å². The van der Waals surface area contributed by atoms with Gasteiger partial charge in [-0.05, 0) is 13.0 Å². The van der Waals surface area contributed by atoms with Crippen LogP contribution < -0.4 is 0 Å². The summed E-state index contributed by atoms with van der Waals surface area (Å²) in [5, 5.41) is 16.4. The molecule has 0 radical (unpaired) electrons. The Kier molecular flexibility index (Phi) is 3.66. The predicted molar refractivity (Wildman–Crippen MR) is 38.2 cm³/mol. The van der Waals surface area contributed by atoms with Crippen LogP contribution >= 0.6 is 0 Å². The molecule has 0 bridgehead atoms. The maximum absolute atomic E-state index is 10.6. The number of aliphatic carboxylic acids is 1. The second kappa shape index (κ2) is 4.27. The number of carbonyl (C=O) groups excluding carboxylic acids is 1. The monoisotopic (exact) mass is 156 g/mol. The first-order valence-corrected chi connectivity index (χ1v) is 2.84. The van der Waals surface area contributed by atoms with Crippen LogP contribution in [-0.2, 0) is 9.59 Å². The van der Waals surface area contributed by atoms with E-state index in [0.717, 1.165) is 12.2 Å². The number of carbonyl (C=O) groups is 2. The number of aliphatic hydroxyl groups excluding tert-OH is 1. The van der Waals surface area contributed by atoms with Gasteiger partial charge in [0.2, 0.25) is 0 Å². The Morgan fingerprint density at radius 1 is 1.36 bits per heavy atom. The summed E-state index contributed by atoms with van der Waals surface area (Å²) in [6.07, 6.45) is 2.36. The van der Waals surface area contributed by atoms with Crippen molar-refractivity contribution in [3.63, 3.8) is 0 Å². The topological polar surface area (TPSA) is 74.6 Å². The molecule has 0 unspecified atom stereocenters. The molecule has 0 saturated heterocycles. The fraction of sp³-hybridized carbons (Fsp3) is 0.143. The highest BCUT2D eigenvalue weighted by molar-refractivity contribution is 6.04. The molecular weight excluding hydrogens is 148 g/mol. The van der Waals surface area contributed by atoms with Crippen LogP contribution in [0.2, 0.25) is 0 Å². The van der Waals surface area contributed by atoms with Gasteiger partial charge in [0.25, 0.3) is 0 Å². The van der Waals surface area contributed by atoms with Gasteiger partial charge in [0.1, 0.15) is 0 Å². The molecule has 0 aromatic carbocycles. The molecule has 0 aromatic heterocycles. The lowest BCUT2D eigenvalue weighted by Crippen LogP contribution is -1.99. The summed E-state index contributed by atoms with van der Waals surface area (Å²) >= 11 is 0. The molecule has 0 aliphatic rings. The summed E-state index contributed by atoms with van der Waals surface area (Å²) in [6, 6.07) is 0. The number of carboxylic acids is 1. The van der Waals surface area contributed by atoms with Crippen molar-refractivity contribution in [2.75, 3.05) is 0 Å². The quantitative estimate of drug-likeness (QED) is 0.465. The molecule has 60 valence electrons. The van der Waals surface area contributed by atoms with E-state index >= 15 is 0 Å². The zero-order chi connectivity index (χ0) is 8.85. The smallest absolute Gasteiger partial charge is 0.331 e. The third kappa shape index (κ3) is 3.91. The molecule has 0 atom stereocenters. The van der Waals surface area contributed by atoms with E-state index in [1.807, 2.05) is 0 Å². The number of rotatable bonds is 3. The molecule has 0 rings (SSSR count). The van der Waals surface area contributed by atoms with E-state index in [0.29, 0.717) is 6.26 Å². The van der Waals surface area contributed by atoms with Gasteiger partial charge in [-0.1, -0.05) is 0 Å². The van der Waals surface area contributed by atoms with Gasteiger partial charge in [-0.3, -0.25) is 4.79 Å². The molecule has 0 aliphatic carbocycles. The fourth-order valence-corrected chi connectivity index (χ4v) is 0.397. The normalized spacial score (nSPS) is 11.9. The van der Waals surface area contributed by atoms with Crippen LogP contribution in [0.3, 0.4) is 0 Å². The zero-order valence-corrected chi connectivity index (χ0v) is 5.94. The molecule has 0 spiro atoms. The van der Waals surface area contributed by atoms with Gasteiger partial charge in [0.05, 0.1) is 6.26 Å². The van der Waals surface area contributed by atoms with E-state index < -0.39 is 11.8 Å². The summed E-state index contributed by atoms with van der Waals surface area (Å²) in [5.74, 6) is -1.70. The van der Waals surface area contributed by atoms with Crippen molar-refractivity contribution in [3.05, 3.63) is 24.0 Å². The van der Waals surface area contributed by atoms with Gasteiger partial charge in [0, 0.05) is 11.6 Å². The molecule has 4 heteroatoms. The zero-order valence-electron chi connectivity index (χ0n) is 5.94. The van der Waals surface area contributed by atoms with Crippen LogP contribution in [0, 0.1) is 0 Å². The van der Waals surface area contributed by atoms with Crippen molar-refractivity contribution in [3.8, 4) is 0 Å². The van der Waals surface area contributed by atoms with E-state index in [4.69, 9.17) is 10.2 Å². The summed E-state index contributed by atoms with van der Waals surface area (Å²) in [7, 11) is 0. The van der Waals surface area contributed by atoms with Crippen LogP contribution in [0.15, 0.2) is 24.0 Å². The highest BCUT2D eigenvalue weighted by Gasteiger charge is 2.00. The van der Waals surface area contributed by atoms with Crippen LogP contribution in [0.1, 0.15) is 6.92 Å². The summed E-state index contributed by atoms with van der Waals surface area (Å²) < 4.78 is 0. The highest BCUT2D eigenvalue weighted by Crippen LogP contribution is 1.92. The van der Waals surface area contributed by atoms with E-state index in [-0.39, 0.29) is 5.57 Å². The molecule has 11 heavy (non-hydrogen) atoms. The minimum Gasteiger partial charge on any atom is -0.515 e. The lowest BCUT2D eigenvalue weighted by Gasteiger charge is -1.88. The van der Waals surface area contributed by atoms with Crippen molar-refractivity contribution in [1.82, 2.24) is 0 Å². The van der Waals surface area contributed by atoms with Crippen molar-refractivity contribution in [2.45, 2.75) is 6.92 Å². The Balaban J connectivity index is 4.31. The van der Waals surface area contributed by atoms with Crippen molar-refractivity contribution in [2.24, 2.45) is 0 Å². The molecule has 0 aliphatic heterocycles. The molecule has 0 aromatic rings. The number of carboxylic acid groups (broad SMARTS) is 1. The standard InChI is InChI=1S/C7H8O4/c1-5(7(10)11)4-6(9)2-3-8/h2-4,8H,1H3,(H,10,11). The first-order valence-electron chi connectivity index (χ1n) is 2.84. The Hall–Kier alpha value is -1.58. The SMILES string of the molecule is CC(=CC(=O)C=CO)C(=O)O. The second-order valence-corrected chi connectivity index (χ2v) is 1.85. The van der Waals surface area contributed by atoms with Gasteiger partial charge in [-0.2, -0.15) is 0 Å². The fourth-order valence-electron chi connectivity index (χ4n) is 0.397. The van der Waals surface area contributed by atoms with Gasteiger partial charge in [-0.25, -0.2) is 4.79 Å². The van der Waals surface area contributed by atoms with Gasteiger partial charge in [0.15, 0.2) is 5.78 Å². The highest BCUT2D eigenvalue weighted by atomic mass is 16.4. The van der Waals surface area contributed by atoms with E-state index in [1.54, 1.807) is 0 Å². The third-order valence-electron chi connectivity index (χ3n) is 0.935. The van der Waals surface area contributed by atoms with E-state index in [9.17, 15) is 9.59 Å². The Morgan fingerprint density at radius 3 is 2.27 bits per heavy atom. The minimum absolute atomic E-state index is 0.0619. The molecule has 2 N–H and O–H groups in total. The van der Waals surface area contributed by atoms with Crippen LogP contribution in [0.25, 0.3) is 0 Å². The summed E-state index contributed by atoms with van der Waals surface area (Å²) in [6.45, 7) is 1.30. The van der Waals surface area contributed by atoms with Crippen LogP contribution in [0.4, 0.5) is 0 Å². The predicted octanol–water partition coefficient (Wildman–Crippen LogP) is 0.658. The molecule has 0 fully saturated rings. The minimum atomic E-state index is -1.15. The Bertz CT molecular complexity index is 225. The van der Waals surface area contributed by atoms with Crippen molar-refractivity contribution >= 4 is 11.8 Å². The largest absolute Gasteiger partial charge is 0.515 e.